The summed E-state index contributed by atoms with van der Waals surface area (Å²) in [6, 6.07) is 29.3. The molecule has 4 aromatic carbocycles. The molecule has 0 bridgehead atoms. The van der Waals surface area contributed by atoms with Crippen LogP contribution < -0.4 is 40.3 Å². The van der Waals surface area contributed by atoms with Gasteiger partial charge in [-0.15, -0.1) is 0 Å². The number of piperazine rings is 1. The molecular formula is C53H71N13O5S2. The second-order valence-electron chi connectivity index (χ2n) is 20.5. The average molecular weight is 1030 g/mol. The molecule has 8 rings (SSSR count). The van der Waals surface area contributed by atoms with E-state index >= 15 is 0 Å². The molecule has 390 valence electrons. The molecule has 73 heavy (non-hydrogen) atoms. The molecule has 6 N–H and O–H groups in total. The molecule has 0 amide bonds. The van der Waals surface area contributed by atoms with Gasteiger partial charge in [-0.25, -0.2) is 36.2 Å². The predicted octanol–water partition coefficient (Wildman–Crippen LogP) is 8.92. The first-order chi connectivity index (χ1) is 34.6. The molecule has 0 spiro atoms. The third-order valence-corrected chi connectivity index (χ3v) is 15.1. The highest BCUT2D eigenvalue weighted by Gasteiger charge is 2.24. The van der Waals surface area contributed by atoms with Gasteiger partial charge in [0.2, 0.25) is 31.9 Å². The van der Waals surface area contributed by atoms with Crippen LogP contribution in [0.25, 0.3) is 0 Å². The fraction of sp³-hybridized carbons (Fsp3) is 0.396. The molecule has 0 aliphatic carbocycles. The highest BCUT2D eigenvalue weighted by atomic mass is 32.2. The summed E-state index contributed by atoms with van der Waals surface area (Å²) < 4.78 is 62.2. The van der Waals surface area contributed by atoms with Crippen LogP contribution in [0.4, 0.5) is 52.0 Å². The second kappa shape index (κ2) is 23.6. The quantitative estimate of drug-likeness (QED) is 0.0504. The smallest absolute Gasteiger partial charge is 0.241 e. The van der Waals surface area contributed by atoms with Gasteiger partial charge in [0.05, 0.1) is 9.79 Å². The van der Waals surface area contributed by atoms with E-state index in [1.54, 1.807) is 54.9 Å². The number of hydrogen-bond donors (Lipinski definition) is 6. The third kappa shape index (κ3) is 16.5. The Bertz CT molecular complexity index is 3010. The molecule has 2 aromatic heterocycles. The van der Waals surface area contributed by atoms with Gasteiger partial charge in [0.25, 0.3) is 0 Å². The first-order valence-corrected chi connectivity index (χ1v) is 27.5. The number of benzene rings is 4. The lowest BCUT2D eigenvalue weighted by Crippen LogP contribution is -2.44. The number of ether oxygens (including phenoxy) is 1. The van der Waals surface area contributed by atoms with Crippen LogP contribution in [0.1, 0.15) is 65.5 Å². The summed E-state index contributed by atoms with van der Waals surface area (Å²) in [7, 11) is -5.15. The van der Waals surface area contributed by atoms with Crippen LogP contribution in [0.5, 0.6) is 5.75 Å². The minimum absolute atomic E-state index is 0.181. The van der Waals surface area contributed by atoms with E-state index in [0.717, 1.165) is 61.0 Å². The SMILES string of the molecule is Cc1cnc(Nc2ccc(N3CCN(C)CC3)cc2)nc1Nc1cccc(S(=O)(=O)NC(C)(C)C)c1.Cc1cnc(Nc2ccc(OCCN3CCCC3)cc2)nc1Nc1cccc(S(=O)(=O)NC(C)(C)C)c1. The lowest BCUT2D eigenvalue weighted by molar-refractivity contribution is 0.238. The zero-order valence-electron chi connectivity index (χ0n) is 43.5. The molecule has 2 aliphatic heterocycles. The Morgan fingerprint density at radius 1 is 0.562 bits per heavy atom. The molecule has 0 saturated carbocycles. The Hall–Kier alpha value is -6.42. The van der Waals surface area contributed by atoms with Crippen molar-refractivity contribution in [1.82, 2.24) is 39.2 Å². The molecular weight excluding hydrogens is 963 g/mol. The summed E-state index contributed by atoms with van der Waals surface area (Å²) in [5.74, 6) is 2.88. The van der Waals surface area contributed by atoms with Crippen molar-refractivity contribution in [2.75, 3.05) is 85.6 Å². The standard InChI is InChI=1S/C27H36N6O3S.C26H35N7O2S/c1-20-19-28-26(30-21-10-12-23(13-11-21)36-17-16-33-14-5-6-15-33)31-25(20)29-22-8-7-9-24(18-22)37(34,35)32-27(2,3)4;1-19-18-27-25(29-20-9-11-22(12-10-20)33-15-13-32(5)14-16-33)30-24(19)28-21-7-6-8-23(17-21)36(34,35)31-26(2,3)4/h7-13,18-19,32H,5-6,14-17H2,1-4H3,(H2,28,29,30,31);6-12,17-18,31H,13-16H2,1-5H3,(H2,27,28,29,30). The highest BCUT2D eigenvalue weighted by molar-refractivity contribution is 7.89. The molecule has 0 unspecified atom stereocenters. The fourth-order valence-corrected chi connectivity index (χ4v) is 10.9. The van der Waals surface area contributed by atoms with Gasteiger partial charge in [-0.05, 0) is 173 Å². The van der Waals surface area contributed by atoms with Crippen molar-refractivity contribution < 1.29 is 21.6 Å². The minimum Gasteiger partial charge on any atom is -0.492 e. The Morgan fingerprint density at radius 2 is 1.01 bits per heavy atom. The van der Waals surface area contributed by atoms with Crippen molar-refractivity contribution in [3.63, 3.8) is 0 Å². The molecule has 6 aromatic rings. The zero-order chi connectivity index (χ0) is 52.4. The van der Waals surface area contributed by atoms with Crippen molar-refractivity contribution in [3.05, 3.63) is 121 Å². The van der Waals surface area contributed by atoms with Gasteiger partial charge >= 0.3 is 0 Å². The minimum atomic E-state index is -3.65. The van der Waals surface area contributed by atoms with Gasteiger partial charge in [0.1, 0.15) is 24.0 Å². The van der Waals surface area contributed by atoms with Gasteiger partial charge < -0.3 is 35.8 Å². The monoisotopic (exact) mass is 1030 g/mol. The first-order valence-electron chi connectivity index (χ1n) is 24.6. The largest absolute Gasteiger partial charge is 0.492 e. The maximum atomic E-state index is 12.7. The second-order valence-corrected chi connectivity index (χ2v) is 23.8. The Morgan fingerprint density at radius 3 is 1.47 bits per heavy atom. The van der Waals surface area contributed by atoms with Crippen LogP contribution >= 0.6 is 0 Å². The first kappa shape index (κ1) is 54.4. The summed E-state index contributed by atoms with van der Waals surface area (Å²) in [5, 5.41) is 12.9. The van der Waals surface area contributed by atoms with E-state index in [0.29, 0.717) is 41.5 Å². The van der Waals surface area contributed by atoms with Crippen LogP contribution in [-0.2, 0) is 20.0 Å². The molecule has 2 aliphatic rings. The Balaban J connectivity index is 0.000000214. The lowest BCUT2D eigenvalue weighted by atomic mass is 10.1. The van der Waals surface area contributed by atoms with Crippen LogP contribution in [0, 0.1) is 13.8 Å². The number of anilines is 9. The van der Waals surface area contributed by atoms with Gasteiger partial charge in [0.15, 0.2) is 0 Å². The lowest BCUT2D eigenvalue weighted by Gasteiger charge is -2.34. The summed E-state index contributed by atoms with van der Waals surface area (Å²) >= 11 is 0. The number of aromatic nitrogens is 4. The van der Waals surface area contributed by atoms with Crippen LogP contribution in [0.2, 0.25) is 0 Å². The van der Waals surface area contributed by atoms with Crippen LogP contribution in [0.3, 0.4) is 0 Å². The normalized spacial score (nSPS) is 14.8. The fourth-order valence-electron chi connectivity index (χ4n) is 7.95. The number of likely N-dealkylation sites (N-methyl/N-ethyl adjacent to an activating group) is 1. The number of aryl methyl sites for hydroxylation is 2. The molecule has 4 heterocycles. The molecule has 20 heteroatoms. The summed E-state index contributed by atoms with van der Waals surface area (Å²) in [6.07, 6.45) is 6.01. The maximum absolute atomic E-state index is 12.7. The summed E-state index contributed by atoms with van der Waals surface area (Å²) in [4.78, 5) is 25.5. The van der Waals surface area contributed by atoms with Gasteiger partial charge in [-0.3, -0.25) is 4.90 Å². The van der Waals surface area contributed by atoms with Crippen molar-refractivity contribution in [3.8, 4) is 5.75 Å². The molecule has 2 saturated heterocycles. The van der Waals surface area contributed by atoms with Crippen molar-refractivity contribution in [1.29, 1.82) is 0 Å². The topological polar surface area (TPSA) is 211 Å². The van der Waals surface area contributed by atoms with E-state index in [1.807, 2.05) is 97.9 Å². The molecule has 2 fully saturated rings. The van der Waals surface area contributed by atoms with E-state index < -0.39 is 31.1 Å². The third-order valence-electron chi connectivity index (χ3n) is 11.6. The molecule has 0 atom stereocenters. The number of likely N-dealkylation sites (tertiary alicyclic amines) is 1. The van der Waals surface area contributed by atoms with Crippen molar-refractivity contribution >= 4 is 72.0 Å². The van der Waals surface area contributed by atoms with E-state index in [9.17, 15) is 16.8 Å². The van der Waals surface area contributed by atoms with E-state index in [4.69, 9.17) is 4.74 Å². The van der Waals surface area contributed by atoms with Gasteiger partial charge in [-0.1, -0.05) is 12.1 Å². The zero-order valence-corrected chi connectivity index (χ0v) is 45.1. The van der Waals surface area contributed by atoms with Crippen LogP contribution in [-0.4, -0.2) is 117 Å². The summed E-state index contributed by atoms with van der Waals surface area (Å²) in [6.45, 7) is 22.8. The number of nitrogens with zero attached hydrogens (tertiary/aromatic N) is 7. The van der Waals surface area contributed by atoms with Crippen molar-refractivity contribution in [2.45, 2.75) is 89.1 Å². The van der Waals surface area contributed by atoms with Gasteiger partial charge in [-0.2, -0.15) is 9.97 Å². The Labute approximate surface area is 431 Å². The highest BCUT2D eigenvalue weighted by Crippen LogP contribution is 2.27. The Kier molecular flexibility index (Phi) is 17.6. The maximum Gasteiger partial charge on any atom is 0.241 e. The number of sulfonamides is 2. The van der Waals surface area contributed by atoms with Gasteiger partial charge in [0, 0.05) is 95.8 Å². The van der Waals surface area contributed by atoms with Crippen LogP contribution in [0.15, 0.2) is 119 Å². The predicted molar refractivity (Wildman–Crippen MR) is 293 cm³/mol. The average Bonchev–Trinajstić information content (AvgIpc) is 3.85. The number of rotatable bonds is 17. The van der Waals surface area contributed by atoms with E-state index in [-0.39, 0.29) is 9.79 Å². The number of hydrogen-bond acceptors (Lipinski definition) is 16. The molecule has 0 radical (unpaired) electrons. The van der Waals surface area contributed by atoms with E-state index in [2.05, 4.69) is 84.5 Å². The van der Waals surface area contributed by atoms with E-state index in [1.165, 1.54) is 31.6 Å². The number of nitrogens with one attached hydrogen (secondary N) is 6. The van der Waals surface area contributed by atoms with Crippen molar-refractivity contribution in [2.24, 2.45) is 0 Å². The molecule has 18 nitrogen and oxygen atoms in total. The summed E-state index contributed by atoms with van der Waals surface area (Å²) in [5.41, 5.74) is 4.68.